The van der Waals surface area contributed by atoms with Crippen molar-refractivity contribution in [3.8, 4) is 0 Å². The van der Waals surface area contributed by atoms with E-state index in [1.807, 2.05) is 31.2 Å². The van der Waals surface area contributed by atoms with E-state index >= 15 is 0 Å². The van der Waals surface area contributed by atoms with Crippen molar-refractivity contribution >= 4 is 17.5 Å². The summed E-state index contributed by atoms with van der Waals surface area (Å²) >= 11 is 0. The average Bonchev–Trinajstić information content (AvgIpc) is 2.72. The molecule has 0 spiro atoms. The van der Waals surface area contributed by atoms with Gasteiger partial charge in [-0.05, 0) is 19.4 Å². The average molecular weight is 300 g/mol. The number of aryl methyl sites for hydroxylation is 3. The minimum absolute atomic E-state index is 0.233. The zero-order valence-electron chi connectivity index (χ0n) is 13.2. The summed E-state index contributed by atoms with van der Waals surface area (Å²) in [6.07, 6.45) is 0. The van der Waals surface area contributed by atoms with Crippen molar-refractivity contribution in [1.29, 1.82) is 0 Å². The van der Waals surface area contributed by atoms with Crippen LogP contribution in [-0.2, 0) is 18.4 Å². The third-order valence-electron chi connectivity index (χ3n) is 3.31. The van der Waals surface area contributed by atoms with E-state index in [9.17, 15) is 9.59 Å². The van der Waals surface area contributed by atoms with Crippen molar-refractivity contribution in [2.24, 2.45) is 7.05 Å². The van der Waals surface area contributed by atoms with E-state index in [0.29, 0.717) is 23.6 Å². The molecule has 0 atom stereocenters. The Morgan fingerprint density at radius 3 is 2.41 bits per heavy atom. The molecule has 0 saturated heterocycles. The molecule has 6 nitrogen and oxygen atoms in total. The summed E-state index contributed by atoms with van der Waals surface area (Å²) in [6, 6.07) is 7.94. The lowest BCUT2D eigenvalue weighted by Crippen LogP contribution is -2.26. The molecule has 2 aromatic rings. The maximum absolute atomic E-state index is 12.4. The van der Waals surface area contributed by atoms with Gasteiger partial charge in [-0.1, -0.05) is 29.8 Å². The molecule has 6 heteroatoms. The zero-order chi connectivity index (χ0) is 16.3. The number of carbonyl (C=O) groups excluding carboxylic acids is 2. The highest BCUT2D eigenvalue weighted by Crippen LogP contribution is 2.19. The van der Waals surface area contributed by atoms with Crippen LogP contribution in [0.25, 0.3) is 0 Å². The fourth-order valence-electron chi connectivity index (χ4n) is 2.22. The van der Waals surface area contributed by atoms with Gasteiger partial charge in [0, 0.05) is 20.5 Å². The highest BCUT2D eigenvalue weighted by molar-refractivity contribution is 6.02. The van der Waals surface area contributed by atoms with E-state index < -0.39 is 0 Å². The van der Waals surface area contributed by atoms with Crippen LogP contribution in [0.3, 0.4) is 0 Å². The number of hydrogen-bond acceptors (Lipinski definition) is 3. The highest BCUT2D eigenvalue weighted by Gasteiger charge is 2.20. The number of rotatable bonds is 4. The first kappa shape index (κ1) is 15.8. The Balaban J connectivity index is 2.15. The van der Waals surface area contributed by atoms with E-state index in [1.54, 1.807) is 14.0 Å². The Morgan fingerprint density at radius 1 is 1.18 bits per heavy atom. The predicted octanol–water partition coefficient (Wildman–Crippen LogP) is 1.93. The molecule has 0 fully saturated rings. The van der Waals surface area contributed by atoms with Crippen molar-refractivity contribution in [2.75, 3.05) is 5.32 Å². The van der Waals surface area contributed by atoms with Crippen LogP contribution in [0.5, 0.6) is 0 Å². The van der Waals surface area contributed by atoms with Gasteiger partial charge < -0.3 is 10.6 Å². The number of amides is 2. The fraction of sp³-hybridized carbons (Fsp3) is 0.312. The van der Waals surface area contributed by atoms with E-state index in [2.05, 4.69) is 15.7 Å². The summed E-state index contributed by atoms with van der Waals surface area (Å²) in [4.78, 5) is 23.7. The topological polar surface area (TPSA) is 76.0 Å². The van der Waals surface area contributed by atoms with Crippen molar-refractivity contribution < 1.29 is 9.59 Å². The molecule has 1 aromatic heterocycles. The van der Waals surface area contributed by atoms with Crippen molar-refractivity contribution in [1.82, 2.24) is 15.1 Å². The summed E-state index contributed by atoms with van der Waals surface area (Å²) in [6.45, 7) is 5.59. The van der Waals surface area contributed by atoms with Crippen LogP contribution < -0.4 is 10.6 Å². The molecule has 0 saturated carbocycles. The Labute approximate surface area is 129 Å². The summed E-state index contributed by atoms with van der Waals surface area (Å²) < 4.78 is 1.48. The molecule has 116 valence electrons. The standard InChI is InChI=1S/C16H20N4O2/c1-10-5-7-13(8-6-10)9-17-16(22)15-14(18-12(3)21)11(2)19-20(15)4/h5-8H,9H2,1-4H3,(H,17,22)(H,18,21). The minimum Gasteiger partial charge on any atom is -0.347 e. The van der Waals surface area contributed by atoms with Gasteiger partial charge in [-0.3, -0.25) is 14.3 Å². The Kier molecular flexibility index (Phi) is 4.60. The third-order valence-corrected chi connectivity index (χ3v) is 3.31. The summed E-state index contributed by atoms with van der Waals surface area (Å²) in [5, 5.41) is 9.71. The van der Waals surface area contributed by atoms with Gasteiger partial charge in [0.15, 0.2) is 0 Å². The Hall–Kier alpha value is -2.63. The molecule has 2 amide bonds. The smallest absolute Gasteiger partial charge is 0.271 e. The summed E-state index contributed by atoms with van der Waals surface area (Å²) in [5.41, 5.74) is 3.60. The number of nitrogens with one attached hydrogen (secondary N) is 2. The lowest BCUT2D eigenvalue weighted by Gasteiger charge is -2.09. The van der Waals surface area contributed by atoms with Gasteiger partial charge in [0.05, 0.1) is 11.4 Å². The molecule has 1 heterocycles. The van der Waals surface area contributed by atoms with E-state index in [0.717, 1.165) is 5.56 Å². The van der Waals surface area contributed by atoms with E-state index in [4.69, 9.17) is 0 Å². The number of anilines is 1. The number of hydrogen-bond donors (Lipinski definition) is 2. The number of nitrogens with zero attached hydrogens (tertiary/aromatic N) is 2. The van der Waals surface area contributed by atoms with Gasteiger partial charge in [-0.25, -0.2) is 0 Å². The quantitative estimate of drug-likeness (QED) is 0.906. The third kappa shape index (κ3) is 3.52. The monoisotopic (exact) mass is 300 g/mol. The first-order valence-electron chi connectivity index (χ1n) is 7.03. The second kappa shape index (κ2) is 6.43. The van der Waals surface area contributed by atoms with Gasteiger partial charge in [-0.15, -0.1) is 0 Å². The normalized spacial score (nSPS) is 10.4. The molecule has 0 bridgehead atoms. The molecular formula is C16H20N4O2. The van der Waals surface area contributed by atoms with Crippen LogP contribution in [0.2, 0.25) is 0 Å². The highest BCUT2D eigenvalue weighted by atomic mass is 16.2. The fourth-order valence-corrected chi connectivity index (χ4v) is 2.22. The molecule has 0 radical (unpaired) electrons. The lowest BCUT2D eigenvalue weighted by atomic mass is 10.1. The van der Waals surface area contributed by atoms with Crippen molar-refractivity contribution in [3.63, 3.8) is 0 Å². The lowest BCUT2D eigenvalue weighted by molar-refractivity contribution is -0.114. The Bertz CT molecular complexity index is 702. The summed E-state index contributed by atoms with van der Waals surface area (Å²) in [5.74, 6) is -0.504. The van der Waals surface area contributed by atoms with Gasteiger partial charge in [0.2, 0.25) is 5.91 Å². The molecule has 1 aromatic carbocycles. The minimum atomic E-state index is -0.271. The summed E-state index contributed by atoms with van der Waals surface area (Å²) in [7, 11) is 1.68. The Morgan fingerprint density at radius 2 is 1.82 bits per heavy atom. The molecule has 2 N–H and O–H groups in total. The molecule has 0 aliphatic rings. The van der Waals surface area contributed by atoms with E-state index in [1.165, 1.54) is 17.2 Å². The van der Waals surface area contributed by atoms with Gasteiger partial charge in [0.25, 0.3) is 5.91 Å². The first-order valence-corrected chi connectivity index (χ1v) is 7.03. The molecule has 0 aliphatic heterocycles. The number of benzene rings is 1. The van der Waals surface area contributed by atoms with Crippen LogP contribution in [0.15, 0.2) is 24.3 Å². The second-order valence-electron chi connectivity index (χ2n) is 5.28. The van der Waals surface area contributed by atoms with Crippen molar-refractivity contribution in [3.05, 3.63) is 46.8 Å². The maximum atomic E-state index is 12.4. The van der Waals surface area contributed by atoms with Gasteiger partial charge in [0.1, 0.15) is 5.69 Å². The molecular weight excluding hydrogens is 280 g/mol. The number of carbonyl (C=O) groups is 2. The van der Waals surface area contributed by atoms with Crippen molar-refractivity contribution in [2.45, 2.75) is 27.3 Å². The molecule has 0 unspecified atom stereocenters. The van der Waals surface area contributed by atoms with Gasteiger partial charge in [-0.2, -0.15) is 5.10 Å². The van der Waals surface area contributed by atoms with Crippen LogP contribution in [0.4, 0.5) is 5.69 Å². The van der Waals surface area contributed by atoms with Gasteiger partial charge >= 0.3 is 0 Å². The molecule has 22 heavy (non-hydrogen) atoms. The molecule has 0 aliphatic carbocycles. The van der Waals surface area contributed by atoms with Crippen LogP contribution in [0.1, 0.15) is 34.2 Å². The second-order valence-corrected chi connectivity index (χ2v) is 5.28. The molecule has 2 rings (SSSR count). The largest absolute Gasteiger partial charge is 0.347 e. The zero-order valence-corrected chi connectivity index (χ0v) is 13.2. The SMILES string of the molecule is CC(=O)Nc1c(C)nn(C)c1C(=O)NCc1ccc(C)cc1. The maximum Gasteiger partial charge on any atom is 0.271 e. The van der Waals surface area contributed by atoms with Crippen LogP contribution >= 0.6 is 0 Å². The first-order chi connectivity index (χ1) is 10.4. The van der Waals surface area contributed by atoms with Crippen LogP contribution in [-0.4, -0.2) is 21.6 Å². The van der Waals surface area contributed by atoms with E-state index in [-0.39, 0.29) is 11.8 Å². The predicted molar refractivity (Wildman–Crippen MR) is 84.6 cm³/mol. The number of aromatic nitrogens is 2. The van der Waals surface area contributed by atoms with Crippen LogP contribution in [0, 0.1) is 13.8 Å².